The molecule has 142 valence electrons. The van der Waals surface area contributed by atoms with Crippen LogP contribution in [0, 0.1) is 5.41 Å². The summed E-state index contributed by atoms with van der Waals surface area (Å²) < 4.78 is 0. The van der Waals surface area contributed by atoms with Gasteiger partial charge in [-0.2, -0.15) is 0 Å². The molecule has 1 unspecified atom stereocenters. The SMILES string of the molecule is O=C1C(c2ccccc2)CC2(CCN(Cc3nccs3)CC2)CN1C1CC1. The molecule has 0 N–H and O–H groups in total. The lowest BCUT2D eigenvalue weighted by atomic mass is 9.67. The summed E-state index contributed by atoms with van der Waals surface area (Å²) >= 11 is 1.75. The van der Waals surface area contributed by atoms with E-state index in [0.29, 0.717) is 11.9 Å². The highest BCUT2D eigenvalue weighted by Gasteiger charge is 2.49. The average molecular weight is 382 g/mol. The average Bonchev–Trinajstić information content (AvgIpc) is 3.43. The van der Waals surface area contributed by atoms with Crippen LogP contribution in [0.3, 0.4) is 0 Å². The third kappa shape index (κ3) is 3.55. The number of benzene rings is 1. The van der Waals surface area contributed by atoms with E-state index in [2.05, 4.69) is 44.4 Å². The second-order valence-electron chi connectivity index (χ2n) is 8.57. The van der Waals surface area contributed by atoms with Gasteiger partial charge in [0.25, 0.3) is 0 Å². The fourth-order valence-electron chi connectivity index (χ4n) is 4.94. The lowest BCUT2D eigenvalue weighted by molar-refractivity contribution is -0.142. The highest BCUT2D eigenvalue weighted by Crippen LogP contribution is 2.48. The van der Waals surface area contributed by atoms with Crippen LogP contribution >= 0.6 is 11.3 Å². The molecule has 3 fully saturated rings. The van der Waals surface area contributed by atoms with Crippen molar-refractivity contribution in [1.29, 1.82) is 0 Å². The first-order chi connectivity index (χ1) is 13.2. The molecular formula is C22H27N3OS. The Kier molecular flexibility index (Phi) is 4.52. The van der Waals surface area contributed by atoms with Crippen LogP contribution in [0.2, 0.25) is 0 Å². The second kappa shape index (κ2) is 7.02. The maximum absolute atomic E-state index is 13.2. The van der Waals surface area contributed by atoms with Gasteiger partial charge in [0.05, 0.1) is 12.5 Å². The highest BCUT2D eigenvalue weighted by atomic mass is 32.1. The van der Waals surface area contributed by atoms with Crippen molar-refractivity contribution in [2.45, 2.75) is 50.6 Å². The smallest absolute Gasteiger partial charge is 0.230 e. The molecule has 1 saturated carbocycles. The Balaban J connectivity index is 1.33. The fourth-order valence-corrected chi connectivity index (χ4v) is 5.59. The molecule has 1 atom stereocenters. The van der Waals surface area contributed by atoms with Gasteiger partial charge in [-0.05, 0) is 56.2 Å². The predicted molar refractivity (Wildman–Crippen MR) is 108 cm³/mol. The van der Waals surface area contributed by atoms with Gasteiger partial charge < -0.3 is 4.90 Å². The third-order valence-corrected chi connectivity index (χ3v) is 7.44. The molecule has 1 spiro atoms. The molecule has 1 aromatic heterocycles. The number of carbonyl (C=O) groups is 1. The van der Waals surface area contributed by atoms with Crippen LogP contribution in [0.5, 0.6) is 0 Å². The van der Waals surface area contributed by atoms with Crippen LogP contribution < -0.4 is 0 Å². The minimum atomic E-state index is 0.0473. The van der Waals surface area contributed by atoms with Crippen molar-refractivity contribution in [2.24, 2.45) is 5.41 Å². The Morgan fingerprint density at radius 2 is 1.93 bits per heavy atom. The minimum absolute atomic E-state index is 0.0473. The van der Waals surface area contributed by atoms with E-state index < -0.39 is 0 Å². The summed E-state index contributed by atoms with van der Waals surface area (Å²) in [5.74, 6) is 0.422. The van der Waals surface area contributed by atoms with Crippen LogP contribution in [-0.4, -0.2) is 46.4 Å². The largest absolute Gasteiger partial charge is 0.339 e. The van der Waals surface area contributed by atoms with Gasteiger partial charge in [-0.1, -0.05) is 30.3 Å². The van der Waals surface area contributed by atoms with Gasteiger partial charge in [0.15, 0.2) is 0 Å². The summed E-state index contributed by atoms with van der Waals surface area (Å²) in [6, 6.07) is 11.0. The number of aromatic nitrogens is 1. The number of thiazole rings is 1. The van der Waals surface area contributed by atoms with E-state index in [0.717, 1.165) is 32.6 Å². The lowest BCUT2D eigenvalue weighted by Crippen LogP contribution is -2.54. The molecule has 27 heavy (non-hydrogen) atoms. The van der Waals surface area contributed by atoms with Crippen molar-refractivity contribution >= 4 is 17.2 Å². The van der Waals surface area contributed by atoms with Crippen LogP contribution in [0.4, 0.5) is 0 Å². The number of likely N-dealkylation sites (tertiary alicyclic amines) is 2. The molecule has 5 rings (SSSR count). The topological polar surface area (TPSA) is 36.4 Å². The zero-order valence-corrected chi connectivity index (χ0v) is 16.5. The van der Waals surface area contributed by atoms with E-state index >= 15 is 0 Å². The van der Waals surface area contributed by atoms with Crippen molar-refractivity contribution in [3.8, 4) is 0 Å². The number of rotatable bonds is 4. The summed E-state index contributed by atoms with van der Waals surface area (Å²) in [4.78, 5) is 22.5. The van der Waals surface area contributed by atoms with E-state index in [-0.39, 0.29) is 11.3 Å². The highest BCUT2D eigenvalue weighted by molar-refractivity contribution is 7.09. The predicted octanol–water partition coefficient (Wildman–Crippen LogP) is 3.90. The van der Waals surface area contributed by atoms with Gasteiger partial charge in [-0.3, -0.25) is 9.69 Å². The number of nitrogens with zero attached hydrogens (tertiary/aromatic N) is 3. The quantitative estimate of drug-likeness (QED) is 0.806. The molecule has 3 aliphatic rings. The van der Waals surface area contributed by atoms with Crippen molar-refractivity contribution in [2.75, 3.05) is 19.6 Å². The summed E-state index contributed by atoms with van der Waals surface area (Å²) in [6.45, 7) is 4.19. The summed E-state index contributed by atoms with van der Waals surface area (Å²) in [7, 11) is 0. The van der Waals surface area contributed by atoms with Crippen molar-refractivity contribution in [3.05, 3.63) is 52.5 Å². The van der Waals surface area contributed by atoms with Gasteiger partial charge >= 0.3 is 0 Å². The van der Waals surface area contributed by atoms with Gasteiger partial charge in [-0.25, -0.2) is 4.98 Å². The molecule has 1 amide bonds. The Hall–Kier alpha value is -1.72. The normalized spacial score (nSPS) is 25.9. The molecule has 1 aromatic carbocycles. The Morgan fingerprint density at radius 3 is 2.59 bits per heavy atom. The molecular weight excluding hydrogens is 354 g/mol. The van der Waals surface area contributed by atoms with Crippen molar-refractivity contribution in [1.82, 2.24) is 14.8 Å². The summed E-state index contributed by atoms with van der Waals surface area (Å²) in [5, 5.41) is 3.28. The van der Waals surface area contributed by atoms with Crippen LogP contribution in [0.15, 0.2) is 41.9 Å². The number of hydrogen-bond donors (Lipinski definition) is 0. The van der Waals surface area contributed by atoms with Crippen molar-refractivity contribution in [3.63, 3.8) is 0 Å². The lowest BCUT2D eigenvalue weighted by Gasteiger charge is -2.50. The zero-order valence-electron chi connectivity index (χ0n) is 15.7. The fraction of sp³-hybridized carbons (Fsp3) is 0.545. The van der Waals surface area contributed by atoms with Crippen LogP contribution in [0.1, 0.15) is 48.6 Å². The molecule has 5 heteroatoms. The van der Waals surface area contributed by atoms with Gasteiger partial charge in [0.1, 0.15) is 5.01 Å². The number of amides is 1. The van der Waals surface area contributed by atoms with E-state index in [4.69, 9.17) is 0 Å². The molecule has 2 aromatic rings. The maximum atomic E-state index is 13.2. The van der Waals surface area contributed by atoms with Gasteiger partial charge in [0, 0.05) is 24.2 Å². The van der Waals surface area contributed by atoms with Crippen LogP contribution in [0.25, 0.3) is 0 Å². The Morgan fingerprint density at radius 1 is 1.15 bits per heavy atom. The number of carbonyl (C=O) groups excluding carboxylic acids is 1. The second-order valence-corrected chi connectivity index (χ2v) is 9.55. The standard InChI is InChI=1S/C22H27N3OS/c26-21-19(17-4-2-1-3-5-17)14-22(16-25(21)18-6-7-18)8-11-24(12-9-22)15-20-23-10-13-27-20/h1-5,10,13,18-19H,6-9,11-12,14-16H2. The van der Waals surface area contributed by atoms with E-state index in [1.807, 2.05) is 12.3 Å². The molecule has 2 saturated heterocycles. The maximum Gasteiger partial charge on any atom is 0.230 e. The summed E-state index contributed by atoms with van der Waals surface area (Å²) in [5.41, 5.74) is 1.49. The van der Waals surface area contributed by atoms with Gasteiger partial charge in [-0.15, -0.1) is 11.3 Å². The molecule has 3 heterocycles. The van der Waals surface area contributed by atoms with Crippen LogP contribution in [-0.2, 0) is 11.3 Å². The first-order valence-corrected chi connectivity index (χ1v) is 11.1. The Labute approximate surface area is 165 Å². The number of hydrogen-bond acceptors (Lipinski definition) is 4. The van der Waals surface area contributed by atoms with Crippen molar-refractivity contribution < 1.29 is 4.79 Å². The first kappa shape index (κ1) is 17.4. The minimum Gasteiger partial charge on any atom is -0.339 e. The van der Waals surface area contributed by atoms with E-state index in [1.165, 1.54) is 36.3 Å². The Bertz CT molecular complexity index is 779. The molecule has 1 aliphatic carbocycles. The number of piperidine rings is 2. The summed E-state index contributed by atoms with van der Waals surface area (Å²) in [6.07, 6.45) is 7.69. The first-order valence-electron chi connectivity index (χ1n) is 10.2. The van der Waals surface area contributed by atoms with E-state index in [1.54, 1.807) is 11.3 Å². The van der Waals surface area contributed by atoms with E-state index in [9.17, 15) is 4.79 Å². The van der Waals surface area contributed by atoms with Gasteiger partial charge in [0.2, 0.25) is 5.91 Å². The monoisotopic (exact) mass is 381 g/mol. The molecule has 0 bridgehead atoms. The third-order valence-electron chi connectivity index (χ3n) is 6.67. The molecule has 0 radical (unpaired) electrons. The zero-order chi connectivity index (χ0) is 18.3. The molecule has 4 nitrogen and oxygen atoms in total. The molecule has 2 aliphatic heterocycles.